The third-order valence-corrected chi connectivity index (χ3v) is 1.84. The van der Waals surface area contributed by atoms with E-state index in [-0.39, 0.29) is 6.54 Å². The summed E-state index contributed by atoms with van der Waals surface area (Å²) >= 11 is 0. The number of nitrogens with one attached hydrogen (secondary N) is 2. The summed E-state index contributed by atoms with van der Waals surface area (Å²) in [6.45, 7) is -0.252. The van der Waals surface area contributed by atoms with Crippen molar-refractivity contribution in [2.75, 3.05) is 11.9 Å². The average molecular weight is 234 g/mol. The third-order valence-electron chi connectivity index (χ3n) is 1.84. The summed E-state index contributed by atoms with van der Waals surface area (Å²) in [5.74, 6) is -2.52. The fourth-order valence-electron chi connectivity index (χ4n) is 0.995. The Kier molecular flexibility index (Phi) is 4.45. The monoisotopic (exact) mass is 234 g/mol. The predicted molar refractivity (Wildman–Crippen MR) is 58.0 cm³/mol. The minimum Gasteiger partial charge on any atom is -0.480 e. The van der Waals surface area contributed by atoms with Crippen LogP contribution in [0.15, 0.2) is 24.5 Å². The van der Waals surface area contributed by atoms with Crippen molar-refractivity contribution in [1.29, 1.82) is 5.26 Å². The Hall–Kier alpha value is -2.62. The second kappa shape index (κ2) is 6.07. The first-order valence-corrected chi connectivity index (χ1v) is 4.71. The quantitative estimate of drug-likeness (QED) is 0.698. The van der Waals surface area contributed by atoms with Gasteiger partial charge in [0.15, 0.2) is 5.92 Å². The summed E-state index contributed by atoms with van der Waals surface area (Å²) in [6.07, 6.45) is 3.00. The predicted octanol–water partition coefficient (Wildman–Crippen LogP) is 0.427. The molecule has 1 unspecified atom stereocenters. The summed E-state index contributed by atoms with van der Waals surface area (Å²) in [5, 5.41) is 21.8. The maximum Gasteiger partial charge on any atom is 0.322 e. The number of hydrogen-bond acceptors (Lipinski definition) is 4. The number of carboxylic acid groups (broad SMARTS) is 1. The molecule has 1 rings (SSSR count). The van der Waals surface area contributed by atoms with E-state index in [0.717, 1.165) is 0 Å². The lowest BCUT2D eigenvalue weighted by atomic mass is 10.2. The second-order valence-corrected chi connectivity index (χ2v) is 3.10. The fourth-order valence-corrected chi connectivity index (χ4v) is 0.995. The van der Waals surface area contributed by atoms with Gasteiger partial charge in [0.25, 0.3) is 0 Å². The minimum absolute atomic E-state index is 0.252. The van der Waals surface area contributed by atoms with Gasteiger partial charge in [-0.2, -0.15) is 5.26 Å². The number of nitrogens with zero attached hydrogens (tertiary/aromatic N) is 2. The van der Waals surface area contributed by atoms with Crippen molar-refractivity contribution in [3.05, 3.63) is 24.5 Å². The number of anilines is 1. The molecule has 0 aliphatic heterocycles. The Labute approximate surface area is 97.1 Å². The first kappa shape index (κ1) is 12.4. The average Bonchev–Trinajstić information content (AvgIpc) is 2.30. The van der Waals surface area contributed by atoms with E-state index in [1.807, 2.05) is 0 Å². The third kappa shape index (κ3) is 4.17. The van der Waals surface area contributed by atoms with Gasteiger partial charge in [0.1, 0.15) is 0 Å². The summed E-state index contributed by atoms with van der Waals surface area (Å²) in [4.78, 5) is 25.6. The standard InChI is InChI=1S/C10H10N4O3/c11-4-7(9(15)16)5-13-10(17)14-8-2-1-3-12-6-8/h1-3,6-7H,5H2,(H,15,16)(H2,13,14,17). The number of carbonyl (C=O) groups is 2. The van der Waals surface area contributed by atoms with E-state index in [4.69, 9.17) is 10.4 Å². The maximum absolute atomic E-state index is 11.3. The first-order valence-electron chi connectivity index (χ1n) is 4.71. The van der Waals surface area contributed by atoms with Gasteiger partial charge in [-0.15, -0.1) is 0 Å². The molecule has 0 bridgehead atoms. The molecule has 0 saturated heterocycles. The molecule has 17 heavy (non-hydrogen) atoms. The number of carboxylic acids is 1. The minimum atomic E-state index is -1.27. The van der Waals surface area contributed by atoms with Crippen LogP contribution in [-0.4, -0.2) is 28.6 Å². The number of hydrogen-bond donors (Lipinski definition) is 3. The Balaban J connectivity index is 2.41. The van der Waals surface area contributed by atoms with Gasteiger partial charge in [-0.05, 0) is 12.1 Å². The topological polar surface area (TPSA) is 115 Å². The Morgan fingerprint density at radius 2 is 2.35 bits per heavy atom. The number of pyridine rings is 1. The van der Waals surface area contributed by atoms with Crippen LogP contribution in [0.1, 0.15) is 0 Å². The van der Waals surface area contributed by atoms with Gasteiger partial charge < -0.3 is 15.7 Å². The number of amides is 2. The van der Waals surface area contributed by atoms with E-state index < -0.39 is 17.9 Å². The number of aromatic nitrogens is 1. The van der Waals surface area contributed by atoms with E-state index >= 15 is 0 Å². The first-order chi connectivity index (χ1) is 8.13. The molecule has 1 aromatic rings. The molecule has 88 valence electrons. The van der Waals surface area contributed by atoms with Gasteiger partial charge >= 0.3 is 12.0 Å². The van der Waals surface area contributed by atoms with Crippen molar-refractivity contribution in [2.24, 2.45) is 5.92 Å². The van der Waals surface area contributed by atoms with Crippen molar-refractivity contribution >= 4 is 17.7 Å². The van der Waals surface area contributed by atoms with Crippen LogP contribution in [-0.2, 0) is 4.79 Å². The molecule has 3 N–H and O–H groups in total. The van der Waals surface area contributed by atoms with E-state index in [2.05, 4.69) is 15.6 Å². The van der Waals surface area contributed by atoms with Crippen LogP contribution in [0.3, 0.4) is 0 Å². The summed E-state index contributed by atoms with van der Waals surface area (Å²) in [6, 6.07) is 4.26. The Morgan fingerprint density at radius 1 is 1.59 bits per heavy atom. The van der Waals surface area contributed by atoms with E-state index in [1.54, 1.807) is 24.4 Å². The van der Waals surface area contributed by atoms with Gasteiger partial charge in [-0.3, -0.25) is 9.78 Å². The van der Waals surface area contributed by atoms with Crippen molar-refractivity contribution in [2.45, 2.75) is 0 Å². The molecule has 0 aliphatic rings. The smallest absolute Gasteiger partial charge is 0.322 e. The molecule has 1 heterocycles. The highest BCUT2D eigenvalue weighted by atomic mass is 16.4. The Morgan fingerprint density at radius 3 is 2.88 bits per heavy atom. The molecule has 0 radical (unpaired) electrons. The van der Waals surface area contributed by atoms with Crippen LogP contribution < -0.4 is 10.6 Å². The highest BCUT2D eigenvalue weighted by Crippen LogP contribution is 2.01. The summed E-state index contributed by atoms with van der Waals surface area (Å²) in [5.41, 5.74) is 0.480. The van der Waals surface area contributed by atoms with Crippen LogP contribution in [0.2, 0.25) is 0 Å². The van der Waals surface area contributed by atoms with Gasteiger partial charge in [0.2, 0.25) is 0 Å². The lowest BCUT2D eigenvalue weighted by molar-refractivity contribution is -0.139. The second-order valence-electron chi connectivity index (χ2n) is 3.10. The lowest BCUT2D eigenvalue weighted by Crippen LogP contribution is -2.35. The molecule has 7 nitrogen and oxygen atoms in total. The van der Waals surface area contributed by atoms with Crippen molar-refractivity contribution in [3.63, 3.8) is 0 Å². The molecule has 0 saturated carbocycles. The SMILES string of the molecule is N#CC(CNC(=O)Nc1cccnc1)C(=O)O. The van der Waals surface area contributed by atoms with Gasteiger partial charge in [0.05, 0.1) is 18.0 Å². The summed E-state index contributed by atoms with van der Waals surface area (Å²) in [7, 11) is 0. The van der Waals surface area contributed by atoms with Crippen molar-refractivity contribution in [1.82, 2.24) is 10.3 Å². The molecular weight excluding hydrogens is 224 g/mol. The van der Waals surface area contributed by atoms with Gasteiger partial charge in [-0.25, -0.2) is 4.79 Å². The van der Waals surface area contributed by atoms with Crippen LogP contribution in [0.5, 0.6) is 0 Å². The van der Waals surface area contributed by atoms with Crippen LogP contribution in [0, 0.1) is 17.2 Å². The molecule has 1 atom stereocenters. The maximum atomic E-state index is 11.3. The van der Waals surface area contributed by atoms with Crippen molar-refractivity contribution < 1.29 is 14.7 Å². The van der Waals surface area contributed by atoms with E-state index in [9.17, 15) is 9.59 Å². The zero-order valence-electron chi connectivity index (χ0n) is 8.75. The van der Waals surface area contributed by atoms with Crippen LogP contribution >= 0.6 is 0 Å². The molecule has 0 aromatic carbocycles. The lowest BCUT2D eigenvalue weighted by Gasteiger charge is -2.08. The van der Waals surface area contributed by atoms with E-state index in [0.29, 0.717) is 5.69 Å². The molecule has 0 aliphatic carbocycles. The molecule has 1 aromatic heterocycles. The zero-order chi connectivity index (χ0) is 12.7. The zero-order valence-corrected chi connectivity index (χ0v) is 8.75. The largest absolute Gasteiger partial charge is 0.480 e. The van der Waals surface area contributed by atoms with Crippen molar-refractivity contribution in [3.8, 4) is 6.07 Å². The Bertz CT molecular complexity index is 441. The number of aliphatic carboxylic acids is 1. The molecule has 0 fully saturated rings. The molecule has 0 spiro atoms. The normalized spacial score (nSPS) is 11.0. The molecule has 7 heteroatoms. The number of carbonyl (C=O) groups excluding carboxylic acids is 1. The van der Waals surface area contributed by atoms with E-state index in [1.165, 1.54) is 6.20 Å². The van der Waals surface area contributed by atoms with Crippen LogP contribution in [0.4, 0.5) is 10.5 Å². The highest BCUT2D eigenvalue weighted by Gasteiger charge is 2.17. The molecular formula is C10H10N4O3. The highest BCUT2D eigenvalue weighted by molar-refractivity contribution is 5.89. The van der Waals surface area contributed by atoms with Crippen LogP contribution in [0.25, 0.3) is 0 Å². The van der Waals surface area contributed by atoms with Gasteiger partial charge in [-0.1, -0.05) is 0 Å². The number of nitriles is 1. The summed E-state index contributed by atoms with van der Waals surface area (Å²) < 4.78 is 0. The number of rotatable bonds is 4. The fraction of sp³-hybridized carbons (Fsp3) is 0.200. The number of urea groups is 1. The van der Waals surface area contributed by atoms with Gasteiger partial charge in [0, 0.05) is 12.7 Å². The molecule has 2 amide bonds.